The number of benzene rings is 1. The zero-order valence-corrected chi connectivity index (χ0v) is 13.1. The Kier molecular flexibility index (Phi) is 4.02. The largest absolute Gasteiger partial charge is 0.508 e. The number of anilines is 1. The molecule has 0 saturated carbocycles. The van der Waals surface area contributed by atoms with E-state index in [0.29, 0.717) is 16.9 Å². The summed E-state index contributed by atoms with van der Waals surface area (Å²) < 4.78 is 1.62. The van der Waals surface area contributed by atoms with Crippen LogP contribution in [-0.2, 0) is 7.05 Å². The van der Waals surface area contributed by atoms with E-state index in [1.807, 2.05) is 26.8 Å². The van der Waals surface area contributed by atoms with Crippen molar-refractivity contribution in [3.63, 3.8) is 0 Å². The first-order valence-corrected chi connectivity index (χ1v) is 6.94. The van der Waals surface area contributed by atoms with Gasteiger partial charge in [0, 0.05) is 18.9 Å². The highest BCUT2D eigenvalue weighted by molar-refractivity contribution is 6.05. The topological polar surface area (TPSA) is 67.2 Å². The highest BCUT2D eigenvalue weighted by Crippen LogP contribution is 2.31. The molecule has 5 nitrogen and oxygen atoms in total. The average Bonchev–Trinajstić information content (AvgIpc) is 2.71. The molecule has 0 aliphatic rings. The number of hydrogen-bond acceptors (Lipinski definition) is 3. The molecule has 0 spiro atoms. The average molecular weight is 287 g/mol. The lowest BCUT2D eigenvalue weighted by molar-refractivity contribution is 0.102. The molecule has 0 radical (unpaired) electrons. The molecule has 0 bridgehead atoms. The molecule has 1 amide bonds. The summed E-state index contributed by atoms with van der Waals surface area (Å²) in [6.07, 6.45) is 1.70. The number of nitrogens with zero attached hydrogens (tertiary/aromatic N) is 2. The number of aromatic nitrogens is 2. The molecule has 2 aromatic rings. The third kappa shape index (κ3) is 3.07. The Morgan fingerprint density at radius 1 is 1.33 bits per heavy atom. The minimum atomic E-state index is -0.191. The molecule has 5 heteroatoms. The van der Waals surface area contributed by atoms with Crippen LogP contribution in [0, 0.1) is 13.8 Å². The molecule has 0 aliphatic heterocycles. The summed E-state index contributed by atoms with van der Waals surface area (Å²) in [5.74, 6) is 0.253. The van der Waals surface area contributed by atoms with Gasteiger partial charge < -0.3 is 10.4 Å². The first kappa shape index (κ1) is 15.1. The Morgan fingerprint density at radius 3 is 2.52 bits per heavy atom. The molecule has 1 aromatic carbocycles. The van der Waals surface area contributed by atoms with Crippen LogP contribution in [0.25, 0.3) is 0 Å². The molecule has 1 heterocycles. The van der Waals surface area contributed by atoms with Crippen LogP contribution >= 0.6 is 0 Å². The van der Waals surface area contributed by atoms with Gasteiger partial charge in [-0.1, -0.05) is 13.8 Å². The van der Waals surface area contributed by atoms with Crippen molar-refractivity contribution in [3.8, 4) is 5.75 Å². The molecular weight excluding hydrogens is 266 g/mol. The summed E-state index contributed by atoms with van der Waals surface area (Å²) >= 11 is 0. The minimum Gasteiger partial charge on any atom is -0.508 e. The van der Waals surface area contributed by atoms with Crippen molar-refractivity contribution in [2.45, 2.75) is 33.6 Å². The highest BCUT2D eigenvalue weighted by Gasteiger charge is 2.15. The fourth-order valence-corrected chi connectivity index (χ4v) is 2.32. The lowest BCUT2D eigenvalue weighted by Gasteiger charge is -2.14. The van der Waals surface area contributed by atoms with Crippen molar-refractivity contribution in [2.24, 2.45) is 7.05 Å². The Bertz CT molecular complexity index is 687. The smallest absolute Gasteiger partial charge is 0.259 e. The Morgan fingerprint density at radius 2 is 2.00 bits per heavy atom. The van der Waals surface area contributed by atoms with Gasteiger partial charge in [-0.2, -0.15) is 5.10 Å². The predicted molar refractivity (Wildman–Crippen MR) is 82.8 cm³/mol. The van der Waals surface area contributed by atoms with Gasteiger partial charge in [0.05, 0.1) is 11.3 Å². The maximum Gasteiger partial charge on any atom is 0.259 e. The zero-order valence-electron chi connectivity index (χ0n) is 13.1. The SMILES string of the molecule is Cc1cc(O)c(C(C)C)cc1NC(=O)c1cn(C)nc1C. The van der Waals surface area contributed by atoms with Gasteiger partial charge in [0.25, 0.3) is 5.91 Å². The normalized spacial score (nSPS) is 11.0. The van der Waals surface area contributed by atoms with Crippen molar-refractivity contribution in [2.75, 3.05) is 5.32 Å². The Balaban J connectivity index is 2.33. The fourth-order valence-electron chi connectivity index (χ4n) is 2.32. The highest BCUT2D eigenvalue weighted by atomic mass is 16.3. The lowest BCUT2D eigenvalue weighted by atomic mass is 9.99. The number of carbonyl (C=O) groups is 1. The molecule has 0 fully saturated rings. The molecule has 0 atom stereocenters. The van der Waals surface area contributed by atoms with Crippen LogP contribution in [0.2, 0.25) is 0 Å². The van der Waals surface area contributed by atoms with E-state index in [1.54, 1.807) is 30.9 Å². The van der Waals surface area contributed by atoms with Gasteiger partial charge in [-0.15, -0.1) is 0 Å². The van der Waals surface area contributed by atoms with Crippen molar-refractivity contribution in [3.05, 3.63) is 40.7 Å². The molecule has 0 unspecified atom stereocenters. The number of hydrogen-bond donors (Lipinski definition) is 2. The Labute approximate surface area is 124 Å². The van der Waals surface area contributed by atoms with Crippen LogP contribution in [0.4, 0.5) is 5.69 Å². The fraction of sp³-hybridized carbons (Fsp3) is 0.375. The van der Waals surface area contributed by atoms with E-state index >= 15 is 0 Å². The second kappa shape index (κ2) is 5.60. The number of phenols is 1. The van der Waals surface area contributed by atoms with Crippen LogP contribution in [-0.4, -0.2) is 20.8 Å². The Hall–Kier alpha value is -2.30. The molecule has 21 heavy (non-hydrogen) atoms. The molecule has 112 valence electrons. The molecule has 2 N–H and O–H groups in total. The first-order valence-electron chi connectivity index (χ1n) is 6.94. The maximum absolute atomic E-state index is 12.3. The number of amides is 1. The van der Waals surface area contributed by atoms with E-state index in [-0.39, 0.29) is 17.6 Å². The zero-order chi connectivity index (χ0) is 15.7. The molecular formula is C16H21N3O2. The molecule has 1 aromatic heterocycles. The second-order valence-electron chi connectivity index (χ2n) is 5.64. The van der Waals surface area contributed by atoms with Crippen LogP contribution in [0.3, 0.4) is 0 Å². The summed E-state index contributed by atoms with van der Waals surface area (Å²) in [5, 5.41) is 17.0. The van der Waals surface area contributed by atoms with E-state index in [9.17, 15) is 9.90 Å². The van der Waals surface area contributed by atoms with Gasteiger partial charge in [-0.05, 0) is 43.0 Å². The van der Waals surface area contributed by atoms with E-state index in [2.05, 4.69) is 10.4 Å². The quantitative estimate of drug-likeness (QED) is 0.852. The van der Waals surface area contributed by atoms with Crippen molar-refractivity contribution >= 4 is 11.6 Å². The van der Waals surface area contributed by atoms with Crippen molar-refractivity contribution < 1.29 is 9.90 Å². The number of aryl methyl sites for hydroxylation is 3. The monoisotopic (exact) mass is 287 g/mol. The number of carbonyl (C=O) groups excluding carboxylic acids is 1. The van der Waals surface area contributed by atoms with Crippen molar-refractivity contribution in [1.82, 2.24) is 9.78 Å². The predicted octanol–water partition coefficient (Wildman–Crippen LogP) is 3.12. The van der Waals surface area contributed by atoms with Gasteiger partial charge in [0.15, 0.2) is 0 Å². The summed E-state index contributed by atoms with van der Waals surface area (Å²) in [6, 6.07) is 3.51. The maximum atomic E-state index is 12.3. The number of rotatable bonds is 3. The van der Waals surface area contributed by atoms with Gasteiger partial charge in [0.2, 0.25) is 0 Å². The lowest BCUT2D eigenvalue weighted by Crippen LogP contribution is -2.13. The van der Waals surface area contributed by atoms with E-state index in [1.165, 1.54) is 0 Å². The molecule has 2 rings (SSSR count). The number of phenolic OH excluding ortho intramolecular Hbond substituents is 1. The number of nitrogens with one attached hydrogen (secondary N) is 1. The van der Waals surface area contributed by atoms with Crippen LogP contribution in [0.15, 0.2) is 18.3 Å². The minimum absolute atomic E-state index is 0.182. The summed E-state index contributed by atoms with van der Waals surface area (Å²) in [5.41, 5.74) is 3.60. The summed E-state index contributed by atoms with van der Waals surface area (Å²) in [7, 11) is 1.78. The molecule has 0 aliphatic carbocycles. The summed E-state index contributed by atoms with van der Waals surface area (Å²) in [4.78, 5) is 12.3. The first-order chi connectivity index (χ1) is 9.79. The van der Waals surface area contributed by atoms with Crippen LogP contribution in [0.1, 0.15) is 46.9 Å². The van der Waals surface area contributed by atoms with Gasteiger partial charge in [-0.3, -0.25) is 9.48 Å². The third-order valence-corrected chi connectivity index (χ3v) is 3.50. The van der Waals surface area contributed by atoms with Crippen LogP contribution in [0.5, 0.6) is 5.75 Å². The molecule has 0 saturated heterocycles. The summed E-state index contributed by atoms with van der Waals surface area (Å²) in [6.45, 7) is 7.66. The van der Waals surface area contributed by atoms with Crippen LogP contribution < -0.4 is 5.32 Å². The van der Waals surface area contributed by atoms with E-state index < -0.39 is 0 Å². The standard InChI is InChI=1S/C16H21N3O2/c1-9(2)12-7-14(10(3)6-15(12)20)17-16(21)13-8-19(5)18-11(13)4/h6-9,20H,1-5H3,(H,17,21). The van der Waals surface area contributed by atoms with E-state index in [0.717, 1.165) is 11.1 Å². The van der Waals surface area contributed by atoms with Gasteiger partial charge in [0.1, 0.15) is 5.75 Å². The van der Waals surface area contributed by atoms with Gasteiger partial charge in [-0.25, -0.2) is 0 Å². The third-order valence-electron chi connectivity index (χ3n) is 3.50. The van der Waals surface area contributed by atoms with Gasteiger partial charge >= 0.3 is 0 Å². The second-order valence-corrected chi connectivity index (χ2v) is 5.64. The number of aromatic hydroxyl groups is 1. The van der Waals surface area contributed by atoms with Crippen molar-refractivity contribution in [1.29, 1.82) is 0 Å². The van der Waals surface area contributed by atoms with E-state index in [4.69, 9.17) is 0 Å².